The van der Waals surface area contributed by atoms with Gasteiger partial charge in [-0.05, 0) is 26.0 Å². The lowest BCUT2D eigenvalue weighted by atomic mass is 10.00. The fraction of sp³-hybridized carbons (Fsp3) is 0.357. The molecule has 1 aromatic heterocycles. The molecule has 2 aromatic rings. The van der Waals surface area contributed by atoms with Crippen LogP contribution in [0, 0.1) is 0 Å². The van der Waals surface area contributed by atoms with E-state index in [1.807, 2.05) is 0 Å². The van der Waals surface area contributed by atoms with E-state index >= 15 is 0 Å². The normalized spacial score (nSPS) is 13.6. The molecule has 0 bridgehead atoms. The summed E-state index contributed by atoms with van der Waals surface area (Å²) in [6, 6.07) is 6.19. The molecule has 0 amide bonds. The van der Waals surface area contributed by atoms with Gasteiger partial charge in [-0.15, -0.1) is 0 Å². The van der Waals surface area contributed by atoms with Crippen LogP contribution >= 0.6 is 0 Å². The Bertz CT molecular complexity index is 763. The number of aromatic nitrogens is 1. The van der Waals surface area contributed by atoms with Crippen molar-refractivity contribution in [3.8, 4) is 0 Å². The van der Waals surface area contributed by atoms with Gasteiger partial charge >= 0.3 is 0 Å². The zero-order valence-corrected chi connectivity index (χ0v) is 12.7. The topological polar surface area (TPSA) is 59.1 Å². The molecule has 4 nitrogen and oxygen atoms in total. The number of nitrogens with one attached hydrogen (secondary N) is 1. The molecule has 0 spiro atoms. The highest BCUT2D eigenvalue weighted by molar-refractivity contribution is 7.89. The second kappa shape index (κ2) is 4.99. The van der Waals surface area contributed by atoms with Crippen molar-refractivity contribution < 1.29 is 17.2 Å². The van der Waals surface area contributed by atoms with Crippen molar-refractivity contribution in [2.75, 3.05) is 0 Å². The van der Waals surface area contributed by atoms with Crippen molar-refractivity contribution in [2.45, 2.75) is 37.1 Å². The summed E-state index contributed by atoms with van der Waals surface area (Å²) in [6.07, 6.45) is 2.98. The number of hydrogen-bond donors (Lipinski definition) is 1. The number of rotatable bonds is 4. The highest BCUT2D eigenvalue weighted by Crippen LogP contribution is 2.30. The lowest BCUT2D eigenvalue weighted by molar-refractivity contribution is -0.0488. The Hall–Kier alpha value is -1.60. The zero-order valence-electron chi connectivity index (χ0n) is 11.9. The molecule has 0 atom stereocenters. The third kappa shape index (κ3) is 3.03. The molecule has 21 heavy (non-hydrogen) atoms. The second-order valence-electron chi connectivity index (χ2n) is 5.47. The third-order valence-electron chi connectivity index (χ3n) is 3.42. The number of halogens is 2. The van der Waals surface area contributed by atoms with Crippen LogP contribution in [0.3, 0.4) is 0 Å². The lowest BCUT2D eigenvalue weighted by Crippen LogP contribution is -2.54. The number of benzene rings is 1. The van der Waals surface area contributed by atoms with Gasteiger partial charge in [0.2, 0.25) is 10.0 Å². The van der Waals surface area contributed by atoms with E-state index in [1.165, 1.54) is 18.5 Å². The summed E-state index contributed by atoms with van der Waals surface area (Å²) in [6.45, 7) is 2.98. The molecule has 0 aliphatic rings. The smallest absolute Gasteiger partial charge is 0.263 e. The van der Waals surface area contributed by atoms with Gasteiger partial charge in [0, 0.05) is 30.1 Å². The van der Waals surface area contributed by atoms with Crippen molar-refractivity contribution in [1.82, 2.24) is 9.71 Å². The van der Waals surface area contributed by atoms with Crippen LogP contribution in [-0.4, -0.2) is 24.9 Å². The first kappa shape index (κ1) is 15.8. The maximum Gasteiger partial charge on any atom is 0.263 e. The van der Waals surface area contributed by atoms with Gasteiger partial charge in [0.1, 0.15) is 0 Å². The molecule has 0 fully saturated rings. The average molecular weight is 314 g/mol. The van der Waals surface area contributed by atoms with Gasteiger partial charge in [0.25, 0.3) is 5.92 Å². The fourth-order valence-corrected chi connectivity index (χ4v) is 3.50. The number of alkyl halides is 2. The van der Waals surface area contributed by atoms with Gasteiger partial charge in [0.05, 0.1) is 10.4 Å². The van der Waals surface area contributed by atoms with Gasteiger partial charge in [-0.1, -0.05) is 12.1 Å². The molecule has 0 unspecified atom stereocenters. The van der Waals surface area contributed by atoms with Crippen LogP contribution in [0.2, 0.25) is 0 Å². The Kier molecular flexibility index (Phi) is 3.75. The highest BCUT2D eigenvalue weighted by atomic mass is 32.2. The molecular weight excluding hydrogens is 298 g/mol. The Morgan fingerprint density at radius 2 is 1.81 bits per heavy atom. The molecule has 114 valence electrons. The summed E-state index contributed by atoms with van der Waals surface area (Å²) in [7, 11) is -4.09. The molecule has 1 aromatic carbocycles. The monoisotopic (exact) mass is 314 g/mol. The van der Waals surface area contributed by atoms with Crippen LogP contribution < -0.4 is 4.72 Å². The number of nitrogens with zero attached hydrogens (tertiary/aromatic N) is 1. The molecule has 7 heteroatoms. The fourth-order valence-electron chi connectivity index (χ4n) is 1.81. The van der Waals surface area contributed by atoms with Gasteiger partial charge in [-0.3, -0.25) is 4.98 Å². The van der Waals surface area contributed by atoms with Crippen LogP contribution in [0.4, 0.5) is 8.78 Å². The van der Waals surface area contributed by atoms with Crippen LogP contribution in [-0.2, 0) is 10.0 Å². The Balaban J connectivity index is 2.54. The van der Waals surface area contributed by atoms with Crippen LogP contribution in [0.1, 0.15) is 20.8 Å². The first-order valence-electron chi connectivity index (χ1n) is 6.29. The van der Waals surface area contributed by atoms with E-state index < -0.39 is 21.5 Å². The van der Waals surface area contributed by atoms with E-state index in [1.54, 1.807) is 18.2 Å². The summed E-state index contributed by atoms with van der Waals surface area (Å²) >= 11 is 0. The minimum Gasteiger partial charge on any atom is -0.264 e. The predicted molar refractivity (Wildman–Crippen MR) is 76.8 cm³/mol. The third-order valence-corrected chi connectivity index (χ3v) is 5.13. The summed E-state index contributed by atoms with van der Waals surface area (Å²) in [5.41, 5.74) is -1.90. The van der Waals surface area contributed by atoms with Gasteiger partial charge in [-0.2, -0.15) is 4.72 Å². The number of hydrogen-bond acceptors (Lipinski definition) is 3. The largest absolute Gasteiger partial charge is 0.264 e. The van der Waals surface area contributed by atoms with E-state index in [4.69, 9.17) is 0 Å². The first-order valence-corrected chi connectivity index (χ1v) is 7.77. The number of fused-ring (bicyclic) bond motifs is 1. The molecule has 1 N–H and O–H groups in total. The van der Waals surface area contributed by atoms with Crippen LogP contribution in [0.25, 0.3) is 10.8 Å². The SMILES string of the molecule is CC(F)(F)C(C)(C)NS(=O)(=O)c1cccc2cnccc12. The Labute approximate surface area is 122 Å². The molecule has 0 aliphatic heterocycles. The number of sulfonamides is 1. The maximum atomic E-state index is 13.5. The molecule has 0 radical (unpaired) electrons. The summed E-state index contributed by atoms with van der Waals surface area (Å²) in [5.74, 6) is -3.20. The zero-order chi connectivity index (χ0) is 15.9. The van der Waals surface area contributed by atoms with Crippen molar-refractivity contribution >= 4 is 20.8 Å². The van der Waals surface area contributed by atoms with Gasteiger partial charge < -0.3 is 0 Å². The molecular formula is C14H16F2N2O2S. The predicted octanol–water partition coefficient (Wildman–Crippen LogP) is 2.95. The first-order chi connectivity index (χ1) is 9.55. The second-order valence-corrected chi connectivity index (χ2v) is 7.12. The van der Waals surface area contributed by atoms with Crippen molar-refractivity contribution in [3.05, 3.63) is 36.7 Å². The standard InChI is InChI=1S/C14H16F2N2O2S/c1-13(2,14(3,15)16)18-21(19,20)12-6-4-5-10-9-17-8-7-11(10)12/h4-9,18H,1-3H3. The molecule has 1 heterocycles. The van der Waals surface area contributed by atoms with E-state index in [2.05, 4.69) is 9.71 Å². The molecule has 0 saturated carbocycles. The van der Waals surface area contributed by atoms with Gasteiger partial charge in [-0.25, -0.2) is 17.2 Å². The van der Waals surface area contributed by atoms with E-state index in [-0.39, 0.29) is 4.90 Å². The molecule has 2 rings (SSSR count). The molecule has 0 saturated heterocycles. The summed E-state index contributed by atoms with van der Waals surface area (Å²) in [5, 5.41) is 1.07. The van der Waals surface area contributed by atoms with Crippen molar-refractivity contribution in [2.24, 2.45) is 0 Å². The lowest BCUT2D eigenvalue weighted by Gasteiger charge is -2.32. The van der Waals surface area contributed by atoms with Crippen LogP contribution in [0.15, 0.2) is 41.6 Å². The summed E-state index contributed by atoms with van der Waals surface area (Å²) in [4.78, 5) is 3.87. The van der Waals surface area contributed by atoms with E-state index in [0.717, 1.165) is 13.8 Å². The minimum absolute atomic E-state index is 0.0419. The average Bonchev–Trinajstić information content (AvgIpc) is 2.35. The van der Waals surface area contributed by atoms with Gasteiger partial charge in [0.15, 0.2) is 0 Å². The van der Waals surface area contributed by atoms with Crippen LogP contribution in [0.5, 0.6) is 0 Å². The maximum absolute atomic E-state index is 13.5. The van der Waals surface area contributed by atoms with Crippen molar-refractivity contribution in [1.29, 1.82) is 0 Å². The summed E-state index contributed by atoms with van der Waals surface area (Å²) < 4.78 is 54.0. The number of pyridine rings is 1. The molecule has 0 aliphatic carbocycles. The quantitative estimate of drug-likeness (QED) is 0.944. The van der Waals surface area contributed by atoms with E-state index in [0.29, 0.717) is 17.7 Å². The Morgan fingerprint density at radius 1 is 1.14 bits per heavy atom. The van der Waals surface area contributed by atoms with E-state index in [9.17, 15) is 17.2 Å². The highest BCUT2D eigenvalue weighted by Gasteiger charge is 2.45. The minimum atomic E-state index is -4.09. The Morgan fingerprint density at radius 3 is 2.43 bits per heavy atom. The van der Waals surface area contributed by atoms with Crippen molar-refractivity contribution in [3.63, 3.8) is 0 Å².